The van der Waals surface area contributed by atoms with Crippen LogP contribution in [-0.4, -0.2) is 127 Å². The number of hydrogen-bond donors (Lipinski definition) is 6. The third-order valence-electron chi connectivity index (χ3n) is 16.4. The van der Waals surface area contributed by atoms with E-state index in [9.17, 15) is 33.6 Å². The second kappa shape index (κ2) is 29.2. The van der Waals surface area contributed by atoms with Gasteiger partial charge in [0, 0.05) is 49.0 Å². The number of aromatic amines is 1. The first-order valence-corrected chi connectivity index (χ1v) is 35.7. The highest BCUT2D eigenvalue weighted by molar-refractivity contribution is 6.74. The first-order valence-electron chi connectivity index (χ1n) is 29.8. The molecule has 6 rings (SSSR count). The quantitative estimate of drug-likeness (QED) is 0.0251. The van der Waals surface area contributed by atoms with Gasteiger partial charge in [0.1, 0.15) is 61.1 Å². The number of aromatic nitrogens is 3. The number of benzene rings is 3. The Hall–Kier alpha value is -7.85. The van der Waals surface area contributed by atoms with Gasteiger partial charge in [-0.3, -0.25) is 23.7 Å². The van der Waals surface area contributed by atoms with Gasteiger partial charge in [-0.2, -0.15) is 0 Å². The predicted molar refractivity (Wildman–Crippen MR) is 343 cm³/mol. The van der Waals surface area contributed by atoms with E-state index in [1.807, 2.05) is 86.9 Å². The number of hydrogen-bond acceptors (Lipinski definition) is 14. The fourth-order valence-electron chi connectivity index (χ4n) is 9.04. The van der Waals surface area contributed by atoms with Crippen molar-refractivity contribution in [1.29, 1.82) is 0 Å². The molecular formula is C64H91N9O14Si2. The fourth-order valence-corrected chi connectivity index (χ4v) is 11.6. The maximum atomic E-state index is 15.1. The Morgan fingerprint density at radius 3 is 1.91 bits per heavy atom. The van der Waals surface area contributed by atoms with E-state index in [4.69, 9.17) is 27.8 Å². The zero-order chi connectivity index (χ0) is 66.0. The molecule has 6 N–H and O–H groups in total. The summed E-state index contributed by atoms with van der Waals surface area (Å²) in [6.45, 7) is 29.6. The van der Waals surface area contributed by atoms with Gasteiger partial charge in [0.2, 0.25) is 23.9 Å². The summed E-state index contributed by atoms with van der Waals surface area (Å²) in [6.07, 6.45) is 0.0767. The molecule has 0 radical (unpaired) electrons. The second-order valence-corrected chi connectivity index (χ2v) is 36.0. The number of urea groups is 1. The van der Waals surface area contributed by atoms with E-state index in [1.165, 1.54) is 55.7 Å². The highest BCUT2D eigenvalue weighted by atomic mass is 28.4. The molecule has 1 aliphatic heterocycles. The molecule has 0 aliphatic carbocycles. The van der Waals surface area contributed by atoms with E-state index < -0.39 is 118 Å². The van der Waals surface area contributed by atoms with Crippen molar-refractivity contribution in [2.24, 2.45) is 0 Å². The number of likely N-dealkylation sites (N-methyl/N-ethyl adjacent to an activating group) is 1. The van der Waals surface area contributed by atoms with Crippen molar-refractivity contribution < 1.29 is 56.6 Å². The molecule has 0 unspecified atom stereocenters. The number of fused-ring (bicyclic) bond motifs is 1. The summed E-state index contributed by atoms with van der Waals surface area (Å²) in [6, 6.07) is 19.5. The molecule has 89 heavy (non-hydrogen) atoms. The molecule has 23 nitrogen and oxygen atoms in total. The highest BCUT2D eigenvalue weighted by Crippen LogP contribution is 2.46. The zero-order valence-corrected chi connectivity index (χ0v) is 56.4. The van der Waals surface area contributed by atoms with Gasteiger partial charge >= 0.3 is 23.8 Å². The maximum absolute atomic E-state index is 15.1. The number of H-pyrrole nitrogens is 1. The molecule has 0 bridgehead atoms. The first kappa shape index (κ1) is 70.2. The molecule has 0 spiro atoms. The van der Waals surface area contributed by atoms with Gasteiger partial charge in [0.25, 0.3) is 5.56 Å². The monoisotopic (exact) mass is 1270 g/mol. The van der Waals surface area contributed by atoms with Crippen LogP contribution in [0.3, 0.4) is 0 Å². The number of ether oxygens (including phenoxy) is 4. The van der Waals surface area contributed by atoms with Crippen LogP contribution < -0.4 is 37.8 Å². The van der Waals surface area contributed by atoms with Crippen LogP contribution in [0.15, 0.2) is 125 Å². The van der Waals surface area contributed by atoms with Gasteiger partial charge < -0.3 is 64.3 Å². The number of carbonyl (C=O) groups excluding carboxylic acids is 6. The van der Waals surface area contributed by atoms with Gasteiger partial charge in [-0.05, 0) is 101 Å². The lowest BCUT2D eigenvalue weighted by molar-refractivity contribution is -0.157. The van der Waals surface area contributed by atoms with Crippen molar-refractivity contribution in [2.45, 2.75) is 200 Å². The third-order valence-corrected chi connectivity index (χ3v) is 25.3. The average molecular weight is 1270 g/mol. The van der Waals surface area contributed by atoms with Crippen molar-refractivity contribution in [2.75, 3.05) is 7.05 Å². The number of esters is 1. The number of amides is 6. The summed E-state index contributed by atoms with van der Waals surface area (Å²) in [5, 5.41) is 13.4. The molecule has 1 aliphatic rings. The summed E-state index contributed by atoms with van der Waals surface area (Å²) in [5.41, 5.74) is 0.802. The zero-order valence-electron chi connectivity index (χ0n) is 54.4. The molecule has 3 aromatic carbocycles. The van der Waals surface area contributed by atoms with E-state index in [-0.39, 0.29) is 42.2 Å². The van der Waals surface area contributed by atoms with E-state index in [0.717, 1.165) is 32.2 Å². The van der Waals surface area contributed by atoms with Crippen LogP contribution in [0, 0.1) is 0 Å². The lowest BCUT2D eigenvalue weighted by Gasteiger charge is -2.43. The van der Waals surface area contributed by atoms with Crippen LogP contribution in [0.2, 0.25) is 36.3 Å². The Labute approximate surface area is 523 Å². The molecule has 3 heterocycles. The Morgan fingerprint density at radius 1 is 0.719 bits per heavy atom. The Balaban J connectivity index is 1.35. The smallest absolute Gasteiger partial charge is 0.408 e. The molecule has 6 amide bonds. The molecule has 8 atom stereocenters. The van der Waals surface area contributed by atoms with Crippen molar-refractivity contribution in [3.8, 4) is 0 Å². The van der Waals surface area contributed by atoms with Gasteiger partial charge in [-0.1, -0.05) is 120 Å². The summed E-state index contributed by atoms with van der Waals surface area (Å²) >= 11 is 0. The fraction of sp³-hybridized carbons (Fsp3) is 0.500. The predicted octanol–water partition coefficient (Wildman–Crippen LogP) is 8.22. The van der Waals surface area contributed by atoms with Crippen LogP contribution in [-0.2, 0) is 73.3 Å². The Morgan fingerprint density at radius 2 is 1.30 bits per heavy atom. The van der Waals surface area contributed by atoms with Crippen molar-refractivity contribution in [3.63, 3.8) is 0 Å². The number of rotatable bonds is 24. The minimum absolute atomic E-state index is 0.0310. The Kier molecular flexibility index (Phi) is 23.0. The molecular weight excluding hydrogens is 1170 g/mol. The van der Waals surface area contributed by atoms with Crippen LogP contribution in [0.4, 0.5) is 9.59 Å². The van der Waals surface area contributed by atoms with Crippen LogP contribution >= 0.6 is 0 Å². The molecule has 1 fully saturated rings. The topological polar surface area (TPSA) is 281 Å². The largest absolute Gasteiger partial charge is 0.467 e. The van der Waals surface area contributed by atoms with E-state index in [0.29, 0.717) is 0 Å². The van der Waals surface area contributed by atoms with E-state index in [2.05, 4.69) is 73.1 Å². The summed E-state index contributed by atoms with van der Waals surface area (Å²) in [4.78, 5) is 117. The second-order valence-electron chi connectivity index (χ2n) is 26.5. The first-order chi connectivity index (χ1) is 41.5. The van der Waals surface area contributed by atoms with Crippen molar-refractivity contribution >= 4 is 63.4 Å². The molecule has 1 saturated heterocycles. The SMILES string of the molecule is C[C@H](NC(=O)N[C@@H](Cc1c[nH]c2ccccc12)C(=O)OC(C)(C)C)C(=O)N[C@H](C(=O)N/C=C1\O[C@@H](n2ccc(=O)n(COCc3ccccc3)c2=O)[C@H](O[Si](C)(C)C(C)(C)C)[C@@H]1O[Si](C)(C)C(C)(C)C)[C@H](C)N(C)C(=O)[C@H](C)NC(=O)OCc1ccccc1. The normalized spacial score (nSPS) is 17.7. The van der Waals surface area contributed by atoms with Crippen molar-refractivity contribution in [1.82, 2.24) is 45.6 Å². The van der Waals surface area contributed by atoms with Crippen LogP contribution in [0.1, 0.15) is 106 Å². The molecule has 25 heteroatoms. The standard InChI is InChI=1S/C64H91N9O14Si2/c1-40(67-59(79)69-48(58(78)85-62(4,5)6)34-45-35-65-47-31-25-24-30-46(45)47)54(75)70-51(42(3)71(13)56(77)41(2)68-60(80)83-38-44-28-22-19-23-29-44)55(76)66-36-49-52(86-88(14,15)63(7,8)9)53(87-89(16,17)64(10,11)12)57(84-49)72-33-32-50(74)73(61(72)81)39-82-37-43-26-20-18-21-27-43/h18-33,35-36,40-42,48,51-53,57,65H,34,37-39H2,1-17H3,(H,66,76)(H,68,80)(H,70,75)(H2,67,69,79)/b49-36-/t40-,41-,42-,48-,51-,52+,53+,57+/m0/s1. The van der Waals surface area contributed by atoms with Gasteiger partial charge in [0.05, 0.1) is 12.6 Å². The summed E-state index contributed by atoms with van der Waals surface area (Å²) < 4.78 is 40.4. The lowest BCUT2D eigenvalue weighted by atomic mass is 10.0. The summed E-state index contributed by atoms with van der Waals surface area (Å²) in [5.74, 6) is -3.09. The minimum Gasteiger partial charge on any atom is -0.467 e. The highest BCUT2D eigenvalue weighted by Gasteiger charge is 2.54. The van der Waals surface area contributed by atoms with Gasteiger partial charge in [-0.25, -0.2) is 23.7 Å². The lowest BCUT2D eigenvalue weighted by Crippen LogP contribution is -2.62. The molecule has 484 valence electrons. The summed E-state index contributed by atoms with van der Waals surface area (Å²) in [7, 11) is -4.25. The number of nitrogens with one attached hydrogen (secondary N) is 6. The van der Waals surface area contributed by atoms with E-state index >= 15 is 4.79 Å². The van der Waals surface area contributed by atoms with E-state index in [1.54, 1.807) is 51.2 Å². The van der Waals surface area contributed by atoms with Crippen LogP contribution in [0.5, 0.6) is 0 Å². The Bertz CT molecular complexity index is 3440. The number of carbonyl (C=O) groups is 6. The number of alkyl carbamates (subject to hydrolysis) is 1. The molecule has 5 aromatic rings. The third kappa shape index (κ3) is 18.6. The van der Waals surface area contributed by atoms with Crippen LogP contribution in [0.25, 0.3) is 10.9 Å². The minimum atomic E-state index is -2.83. The molecule has 0 saturated carbocycles. The number of nitrogens with zero attached hydrogens (tertiary/aromatic N) is 3. The van der Waals surface area contributed by atoms with Gasteiger partial charge in [0.15, 0.2) is 16.6 Å². The number of para-hydroxylation sites is 1. The maximum Gasteiger partial charge on any atom is 0.408 e. The average Bonchev–Trinajstić information content (AvgIpc) is 1.68. The van der Waals surface area contributed by atoms with Crippen molar-refractivity contribution in [3.05, 3.63) is 153 Å². The molecule has 2 aromatic heterocycles. The van der Waals surface area contributed by atoms with Gasteiger partial charge in [-0.15, -0.1) is 0 Å².